The molecule has 0 aliphatic carbocycles. The maximum absolute atomic E-state index is 14.0. The summed E-state index contributed by atoms with van der Waals surface area (Å²) < 4.78 is 13.9. The van der Waals surface area contributed by atoms with Crippen LogP contribution in [-0.4, -0.2) is 42.8 Å². The first-order valence-electron chi connectivity index (χ1n) is 16.6. The molecule has 44 heavy (non-hydrogen) atoms. The van der Waals surface area contributed by atoms with E-state index in [1.54, 1.807) is 0 Å². The van der Waals surface area contributed by atoms with E-state index in [9.17, 15) is 9.59 Å². The van der Waals surface area contributed by atoms with Gasteiger partial charge in [0, 0.05) is 18.4 Å². The molecule has 2 rings (SSSR count). The van der Waals surface area contributed by atoms with E-state index in [1.807, 2.05) is 20.8 Å². The average Bonchev–Trinajstić information content (AvgIpc) is 3.24. The summed E-state index contributed by atoms with van der Waals surface area (Å²) in [5, 5.41) is -0.0342. The van der Waals surface area contributed by atoms with Crippen molar-refractivity contribution in [2.45, 2.75) is 131 Å². The number of carbonyl (C=O) groups excluding carboxylic acids is 2. The number of hydrogen-bond donors (Lipinski definition) is 0. The standard InChI is InChI=1S/C37H62N2O4Si/c1-25(19-17-15-16-18-20-26(2)30-21-22-32-31(23-30)38-29(5)39(32)11)27(3)28(4)35(41)37(9,10)33(24-34(40)42-12)43-44(13,14)36(6,7)8/h16,18,21-23,25-28,33H,15,17,19-20,24H2,1-14H3/b18-16+/t25-,26-,27-,28+,33-/m0/s1. The Labute approximate surface area is 269 Å². The number of benzene rings is 1. The molecule has 0 radical (unpaired) electrons. The highest BCUT2D eigenvalue weighted by atomic mass is 28.4. The number of aryl methyl sites for hydroxylation is 2. The lowest BCUT2D eigenvalue weighted by atomic mass is 9.70. The van der Waals surface area contributed by atoms with Crippen molar-refractivity contribution < 1.29 is 18.8 Å². The van der Waals surface area contributed by atoms with E-state index in [2.05, 4.69) is 104 Å². The van der Waals surface area contributed by atoms with Crippen molar-refractivity contribution in [2.75, 3.05) is 7.11 Å². The van der Waals surface area contributed by atoms with Gasteiger partial charge in [0.1, 0.15) is 11.6 Å². The first-order valence-corrected chi connectivity index (χ1v) is 19.5. The maximum atomic E-state index is 14.0. The van der Waals surface area contributed by atoms with Crippen LogP contribution in [0.2, 0.25) is 18.1 Å². The minimum atomic E-state index is -2.22. The summed E-state index contributed by atoms with van der Waals surface area (Å²) in [5.41, 5.74) is 2.76. The molecule has 248 valence electrons. The number of fused-ring (bicyclic) bond motifs is 1. The van der Waals surface area contributed by atoms with Gasteiger partial charge in [0.2, 0.25) is 0 Å². The molecule has 0 amide bonds. The summed E-state index contributed by atoms with van der Waals surface area (Å²) in [5.74, 6) is 1.80. The average molecular weight is 627 g/mol. The molecule has 0 spiro atoms. The number of hydrogen-bond acceptors (Lipinski definition) is 5. The van der Waals surface area contributed by atoms with Gasteiger partial charge in [-0.3, -0.25) is 9.59 Å². The molecular formula is C37H62N2O4Si. The molecule has 0 unspecified atom stereocenters. The number of ether oxygens (including phenoxy) is 1. The van der Waals surface area contributed by atoms with Gasteiger partial charge in [-0.2, -0.15) is 0 Å². The molecule has 2 aromatic rings. The summed E-state index contributed by atoms with van der Waals surface area (Å²) in [4.78, 5) is 31.1. The normalized spacial score (nSPS) is 16.6. The van der Waals surface area contributed by atoms with E-state index in [1.165, 1.54) is 18.2 Å². The molecule has 0 N–H and O–H groups in total. The number of rotatable bonds is 16. The minimum absolute atomic E-state index is 0.0342. The Balaban J connectivity index is 1.94. The topological polar surface area (TPSA) is 70.4 Å². The molecule has 5 atom stereocenters. The number of methoxy groups -OCH3 is 1. The van der Waals surface area contributed by atoms with Crippen LogP contribution < -0.4 is 0 Å². The van der Waals surface area contributed by atoms with Gasteiger partial charge in [-0.1, -0.05) is 87.0 Å². The van der Waals surface area contributed by atoms with Gasteiger partial charge in [-0.15, -0.1) is 0 Å². The van der Waals surface area contributed by atoms with Crippen molar-refractivity contribution in [1.29, 1.82) is 0 Å². The van der Waals surface area contributed by atoms with E-state index < -0.39 is 19.8 Å². The second-order valence-electron chi connectivity index (χ2n) is 15.4. The van der Waals surface area contributed by atoms with Crippen molar-refractivity contribution >= 4 is 31.1 Å². The fraction of sp³-hybridized carbons (Fsp3) is 0.703. The fourth-order valence-corrected chi connectivity index (χ4v) is 7.15. The first kappa shape index (κ1) is 37.9. The van der Waals surface area contributed by atoms with Crippen LogP contribution in [0.5, 0.6) is 0 Å². The molecule has 0 fully saturated rings. The summed E-state index contributed by atoms with van der Waals surface area (Å²) in [6.45, 7) is 25.6. The Bertz CT molecular complexity index is 1290. The zero-order valence-electron chi connectivity index (χ0n) is 30.3. The second-order valence-corrected chi connectivity index (χ2v) is 20.1. The Hall–Kier alpha value is -2.25. The molecule has 0 aliphatic rings. The minimum Gasteiger partial charge on any atom is -0.469 e. The van der Waals surface area contributed by atoms with Crippen LogP contribution in [0.25, 0.3) is 11.0 Å². The molecule has 7 heteroatoms. The second kappa shape index (κ2) is 15.4. The Morgan fingerprint density at radius 3 is 2.27 bits per heavy atom. The number of esters is 1. The zero-order valence-corrected chi connectivity index (χ0v) is 31.3. The molecule has 6 nitrogen and oxygen atoms in total. The number of Topliss-reactive ketones (excluding diaryl/α,β-unsaturated/α-hetero) is 1. The number of aromatic nitrogens is 2. The maximum Gasteiger partial charge on any atom is 0.308 e. The van der Waals surface area contributed by atoms with Crippen molar-refractivity contribution in [3.8, 4) is 0 Å². The number of imidazole rings is 1. The van der Waals surface area contributed by atoms with Gasteiger partial charge in [0.05, 0.1) is 30.7 Å². The number of carbonyl (C=O) groups is 2. The van der Waals surface area contributed by atoms with Gasteiger partial charge < -0.3 is 13.7 Å². The lowest BCUT2D eigenvalue weighted by Gasteiger charge is -2.44. The number of unbranched alkanes of at least 4 members (excludes halogenated alkanes) is 1. The molecule has 1 aromatic carbocycles. The van der Waals surface area contributed by atoms with Crippen LogP contribution in [0.1, 0.15) is 112 Å². The largest absolute Gasteiger partial charge is 0.469 e. The predicted octanol–water partition coefficient (Wildman–Crippen LogP) is 9.56. The third-order valence-electron chi connectivity index (χ3n) is 10.7. The van der Waals surface area contributed by atoms with E-state index in [-0.39, 0.29) is 35.0 Å². The van der Waals surface area contributed by atoms with Crippen molar-refractivity contribution in [2.24, 2.45) is 30.2 Å². The lowest BCUT2D eigenvalue weighted by molar-refractivity contribution is -0.147. The smallest absolute Gasteiger partial charge is 0.308 e. The Kier molecular flexibility index (Phi) is 13.2. The molecule has 1 heterocycles. The van der Waals surface area contributed by atoms with Gasteiger partial charge in [0.25, 0.3) is 0 Å². The third kappa shape index (κ3) is 9.38. The Morgan fingerprint density at radius 2 is 1.68 bits per heavy atom. The zero-order chi connectivity index (χ0) is 33.6. The molecular weight excluding hydrogens is 565 g/mol. The van der Waals surface area contributed by atoms with Crippen LogP contribution in [0.3, 0.4) is 0 Å². The van der Waals surface area contributed by atoms with Gasteiger partial charge >= 0.3 is 5.97 Å². The van der Waals surface area contributed by atoms with Crippen LogP contribution in [0, 0.1) is 30.1 Å². The summed E-state index contributed by atoms with van der Waals surface area (Å²) in [6.07, 6.45) is 8.40. The summed E-state index contributed by atoms with van der Waals surface area (Å²) >= 11 is 0. The Morgan fingerprint density at radius 1 is 1.05 bits per heavy atom. The van der Waals surface area contributed by atoms with Crippen molar-refractivity contribution in [3.05, 3.63) is 41.7 Å². The van der Waals surface area contributed by atoms with Crippen LogP contribution in [-0.2, 0) is 25.8 Å². The van der Waals surface area contributed by atoms with E-state index in [4.69, 9.17) is 14.1 Å². The van der Waals surface area contributed by atoms with Crippen LogP contribution in [0.15, 0.2) is 30.4 Å². The van der Waals surface area contributed by atoms with Gasteiger partial charge in [-0.05, 0) is 79.8 Å². The van der Waals surface area contributed by atoms with Crippen molar-refractivity contribution in [3.63, 3.8) is 0 Å². The molecule has 0 saturated heterocycles. The van der Waals surface area contributed by atoms with E-state index >= 15 is 0 Å². The highest BCUT2D eigenvalue weighted by Crippen LogP contribution is 2.42. The molecule has 0 saturated carbocycles. The molecule has 1 aromatic heterocycles. The highest BCUT2D eigenvalue weighted by molar-refractivity contribution is 6.74. The highest BCUT2D eigenvalue weighted by Gasteiger charge is 2.47. The monoisotopic (exact) mass is 626 g/mol. The SMILES string of the molecule is COC(=O)C[C@H](O[Si](C)(C)C(C)(C)C)C(C)(C)C(=O)[C@H](C)[C@@H](C)[C@@H](C)CCC/C=C/C[C@H](C)c1ccc2c(c1)nc(C)n2C. The van der Waals surface area contributed by atoms with E-state index in [0.29, 0.717) is 11.8 Å². The summed E-state index contributed by atoms with van der Waals surface area (Å²) in [6, 6.07) is 6.64. The summed E-state index contributed by atoms with van der Waals surface area (Å²) in [7, 11) is 1.23. The lowest BCUT2D eigenvalue weighted by Crippen LogP contribution is -2.52. The number of allylic oxidation sites excluding steroid dienone is 2. The van der Waals surface area contributed by atoms with Crippen molar-refractivity contribution in [1.82, 2.24) is 9.55 Å². The number of nitrogens with zero attached hydrogens (tertiary/aromatic N) is 2. The van der Waals surface area contributed by atoms with Crippen LogP contribution in [0.4, 0.5) is 0 Å². The number of ketones is 1. The predicted molar refractivity (Wildman–Crippen MR) is 186 cm³/mol. The molecule has 0 aliphatic heterocycles. The molecule has 0 bridgehead atoms. The van der Waals surface area contributed by atoms with Crippen LogP contribution >= 0.6 is 0 Å². The third-order valence-corrected chi connectivity index (χ3v) is 15.2. The quantitative estimate of drug-likeness (QED) is 0.0803. The first-order chi connectivity index (χ1) is 20.2. The van der Waals surface area contributed by atoms with Gasteiger partial charge in [-0.25, -0.2) is 4.98 Å². The fourth-order valence-electron chi connectivity index (χ4n) is 5.71. The van der Waals surface area contributed by atoms with Gasteiger partial charge in [0.15, 0.2) is 8.32 Å². The van der Waals surface area contributed by atoms with E-state index in [0.717, 1.165) is 37.0 Å².